The summed E-state index contributed by atoms with van der Waals surface area (Å²) >= 11 is 0. The fraction of sp³-hybridized carbons (Fsp3) is 0.800. The van der Waals surface area contributed by atoms with E-state index in [-0.39, 0.29) is 21.6 Å². The van der Waals surface area contributed by atoms with Crippen LogP contribution in [-0.2, 0) is 13.6 Å². The number of carbonyl (C=O) groups is 1. The van der Waals surface area contributed by atoms with Crippen LogP contribution < -0.4 is 0 Å². The Morgan fingerprint density at radius 3 is 2.10 bits per heavy atom. The van der Waals surface area contributed by atoms with Gasteiger partial charge in [0.1, 0.15) is 6.29 Å². The van der Waals surface area contributed by atoms with E-state index in [1.54, 1.807) is 0 Å². The standard InChI is InChI=1S/C25H46O3Si2/c1-23(2,3)29(8,9)27-17-15-20-19(18-26)14-16-25(7)21(20)12-13-22(25)28-30(10,11)24(4,5)6/h14,16,18,21-22H,12-13,15,17H2,1-11H3/t21-,22-,25-/m0/s1. The molecular formula is C25H46O3Si2. The van der Waals surface area contributed by atoms with Crippen LogP contribution in [0, 0.1) is 11.3 Å². The van der Waals surface area contributed by atoms with Crippen molar-refractivity contribution >= 4 is 22.9 Å². The zero-order valence-corrected chi connectivity index (χ0v) is 23.4. The van der Waals surface area contributed by atoms with Gasteiger partial charge in [-0.05, 0) is 61.4 Å². The molecule has 0 saturated heterocycles. The number of hydrogen-bond donors (Lipinski definition) is 0. The average Bonchev–Trinajstić information content (AvgIpc) is 2.89. The van der Waals surface area contributed by atoms with Crippen LogP contribution in [0.3, 0.4) is 0 Å². The fourth-order valence-electron chi connectivity index (χ4n) is 4.30. The lowest BCUT2D eigenvalue weighted by Crippen LogP contribution is -2.48. The van der Waals surface area contributed by atoms with Crippen molar-refractivity contribution < 1.29 is 13.6 Å². The molecule has 2 rings (SSSR count). The van der Waals surface area contributed by atoms with Crippen LogP contribution >= 0.6 is 0 Å². The van der Waals surface area contributed by atoms with Gasteiger partial charge in [0, 0.05) is 17.6 Å². The van der Waals surface area contributed by atoms with Gasteiger partial charge in [-0.25, -0.2) is 0 Å². The third-order valence-electron chi connectivity index (χ3n) is 8.59. The van der Waals surface area contributed by atoms with Gasteiger partial charge in [0.05, 0.1) is 6.10 Å². The second-order valence-electron chi connectivity index (χ2n) is 12.7. The second-order valence-corrected chi connectivity index (χ2v) is 22.2. The van der Waals surface area contributed by atoms with Gasteiger partial charge in [-0.1, -0.05) is 66.2 Å². The van der Waals surface area contributed by atoms with Gasteiger partial charge in [0.25, 0.3) is 0 Å². The topological polar surface area (TPSA) is 35.5 Å². The Morgan fingerprint density at radius 1 is 1.03 bits per heavy atom. The van der Waals surface area contributed by atoms with Gasteiger partial charge in [0.2, 0.25) is 0 Å². The predicted molar refractivity (Wildman–Crippen MR) is 133 cm³/mol. The van der Waals surface area contributed by atoms with Gasteiger partial charge in [0.15, 0.2) is 16.6 Å². The summed E-state index contributed by atoms with van der Waals surface area (Å²) in [5.41, 5.74) is 2.12. The van der Waals surface area contributed by atoms with Crippen molar-refractivity contribution in [2.24, 2.45) is 11.3 Å². The number of rotatable bonds is 7. The molecule has 1 fully saturated rings. The van der Waals surface area contributed by atoms with Crippen LogP contribution in [0.15, 0.2) is 23.3 Å². The molecule has 30 heavy (non-hydrogen) atoms. The summed E-state index contributed by atoms with van der Waals surface area (Å²) in [7, 11) is -3.64. The van der Waals surface area contributed by atoms with Crippen molar-refractivity contribution in [3.05, 3.63) is 23.3 Å². The van der Waals surface area contributed by atoms with E-state index in [9.17, 15) is 4.79 Å². The maximum atomic E-state index is 11.9. The number of allylic oxidation sites excluding steroid dienone is 2. The van der Waals surface area contributed by atoms with Crippen molar-refractivity contribution in [1.29, 1.82) is 0 Å². The molecule has 3 nitrogen and oxygen atoms in total. The number of hydrogen-bond acceptors (Lipinski definition) is 3. The smallest absolute Gasteiger partial charge is 0.192 e. The normalized spacial score (nSPS) is 28.1. The predicted octanol–water partition coefficient (Wildman–Crippen LogP) is 7.27. The number of carbonyl (C=O) groups excluding carboxylic acids is 1. The van der Waals surface area contributed by atoms with Crippen molar-refractivity contribution in [3.8, 4) is 0 Å². The molecule has 0 aliphatic heterocycles. The maximum Gasteiger partial charge on any atom is 0.192 e. The van der Waals surface area contributed by atoms with E-state index < -0.39 is 16.6 Å². The minimum Gasteiger partial charge on any atom is -0.417 e. The summed E-state index contributed by atoms with van der Waals surface area (Å²) in [5.74, 6) is 0.375. The third kappa shape index (κ3) is 4.95. The lowest BCUT2D eigenvalue weighted by molar-refractivity contribution is -0.104. The van der Waals surface area contributed by atoms with Crippen molar-refractivity contribution in [2.75, 3.05) is 6.61 Å². The van der Waals surface area contributed by atoms with Gasteiger partial charge in [-0.2, -0.15) is 0 Å². The van der Waals surface area contributed by atoms with Crippen molar-refractivity contribution in [2.45, 2.75) is 110 Å². The highest BCUT2D eigenvalue weighted by molar-refractivity contribution is 6.74. The molecule has 0 aromatic heterocycles. The highest BCUT2D eigenvalue weighted by atomic mass is 28.4. The Hall–Kier alpha value is -0.496. The van der Waals surface area contributed by atoms with Gasteiger partial charge in [-0.15, -0.1) is 0 Å². The van der Waals surface area contributed by atoms with Gasteiger partial charge in [-0.3, -0.25) is 4.79 Å². The summed E-state index contributed by atoms with van der Waals surface area (Å²) in [6.07, 6.45) is 8.59. The zero-order chi connectivity index (χ0) is 23.2. The molecule has 0 amide bonds. The fourth-order valence-corrected chi connectivity index (χ4v) is 6.78. The van der Waals surface area contributed by atoms with Crippen LogP contribution in [0.2, 0.25) is 36.3 Å². The summed E-state index contributed by atoms with van der Waals surface area (Å²) in [6, 6.07) is 0. The van der Waals surface area contributed by atoms with Crippen LogP contribution in [0.5, 0.6) is 0 Å². The molecule has 0 aromatic carbocycles. The highest BCUT2D eigenvalue weighted by Gasteiger charge is 2.52. The molecule has 5 heteroatoms. The quantitative estimate of drug-likeness (QED) is 0.302. The molecule has 2 aliphatic carbocycles. The molecule has 0 bridgehead atoms. The molecular weight excluding hydrogens is 404 g/mol. The van der Waals surface area contributed by atoms with E-state index >= 15 is 0 Å². The summed E-state index contributed by atoms with van der Waals surface area (Å²) in [5, 5.41) is 0.398. The molecule has 0 aromatic rings. The molecule has 0 spiro atoms. The summed E-state index contributed by atoms with van der Waals surface area (Å²) in [4.78, 5) is 11.9. The van der Waals surface area contributed by atoms with E-state index in [1.807, 2.05) is 0 Å². The molecule has 0 heterocycles. The van der Waals surface area contributed by atoms with E-state index in [1.165, 1.54) is 5.57 Å². The second kappa shape index (κ2) is 8.45. The minimum atomic E-state index is -1.85. The van der Waals surface area contributed by atoms with Crippen molar-refractivity contribution in [1.82, 2.24) is 0 Å². The largest absolute Gasteiger partial charge is 0.417 e. The zero-order valence-electron chi connectivity index (χ0n) is 21.4. The monoisotopic (exact) mass is 450 g/mol. The van der Waals surface area contributed by atoms with E-state index in [0.717, 1.165) is 31.1 Å². The number of fused-ring (bicyclic) bond motifs is 1. The first kappa shape index (κ1) is 25.8. The molecule has 0 radical (unpaired) electrons. The minimum absolute atomic E-state index is 0.0334. The van der Waals surface area contributed by atoms with Crippen LogP contribution in [0.25, 0.3) is 0 Å². The van der Waals surface area contributed by atoms with E-state index in [4.69, 9.17) is 8.85 Å². The molecule has 172 valence electrons. The Labute approximate surface area is 188 Å². The van der Waals surface area contributed by atoms with Gasteiger partial charge >= 0.3 is 0 Å². The highest BCUT2D eigenvalue weighted by Crippen LogP contribution is 2.54. The van der Waals surface area contributed by atoms with Gasteiger partial charge < -0.3 is 8.85 Å². The van der Waals surface area contributed by atoms with Crippen molar-refractivity contribution in [3.63, 3.8) is 0 Å². The number of aldehydes is 1. The third-order valence-corrected chi connectivity index (χ3v) is 17.6. The Morgan fingerprint density at radius 2 is 1.60 bits per heavy atom. The molecule has 3 atom stereocenters. The first-order valence-electron chi connectivity index (χ1n) is 11.7. The van der Waals surface area contributed by atoms with E-state index in [2.05, 4.69) is 86.8 Å². The lowest BCUT2D eigenvalue weighted by atomic mass is 9.69. The lowest BCUT2D eigenvalue weighted by Gasteiger charge is -2.45. The first-order valence-corrected chi connectivity index (χ1v) is 17.5. The Balaban J connectivity index is 2.20. The molecule has 2 aliphatic rings. The Bertz CT molecular complexity index is 707. The molecule has 0 unspecified atom stereocenters. The van der Waals surface area contributed by atoms with E-state index in [0.29, 0.717) is 12.5 Å². The van der Waals surface area contributed by atoms with Crippen LogP contribution in [-0.4, -0.2) is 35.6 Å². The molecule has 0 N–H and O–H groups in total. The SMILES string of the molecule is CC(C)(C)[Si](C)(C)OCCC1=C(C=O)C=C[C@]2(C)[C@@H](O[Si](C)(C)C(C)(C)C)CC[C@@H]12. The maximum absolute atomic E-state index is 11.9. The molecule has 1 saturated carbocycles. The Kier molecular flexibility index (Phi) is 7.26. The van der Waals surface area contributed by atoms with Crippen LogP contribution in [0.1, 0.15) is 67.7 Å². The summed E-state index contributed by atoms with van der Waals surface area (Å²) in [6.45, 7) is 26.1. The average molecular weight is 451 g/mol. The summed E-state index contributed by atoms with van der Waals surface area (Å²) < 4.78 is 13.4. The van der Waals surface area contributed by atoms with Crippen LogP contribution in [0.4, 0.5) is 0 Å². The first-order chi connectivity index (χ1) is 13.5.